The number of hydrogen-bond acceptors (Lipinski definition) is 7. The molecule has 1 fully saturated rings. The third-order valence-corrected chi connectivity index (χ3v) is 6.19. The van der Waals surface area contributed by atoms with E-state index in [2.05, 4.69) is 15.4 Å². The van der Waals surface area contributed by atoms with E-state index in [9.17, 15) is 19.5 Å². The van der Waals surface area contributed by atoms with Crippen LogP contribution in [0.2, 0.25) is 0 Å². The fourth-order valence-electron chi connectivity index (χ4n) is 4.32. The van der Waals surface area contributed by atoms with Gasteiger partial charge in [-0.25, -0.2) is 0 Å². The van der Waals surface area contributed by atoms with Gasteiger partial charge in [0, 0.05) is 36.5 Å². The number of pyridine rings is 1. The Morgan fingerprint density at radius 3 is 2.83 bits per heavy atom. The average molecular weight is 493 g/mol. The van der Waals surface area contributed by atoms with Crippen LogP contribution in [0.15, 0.2) is 29.3 Å². The molecule has 188 valence electrons. The smallest absolute Gasteiger partial charge is 0.270 e. The highest BCUT2D eigenvalue weighted by atomic mass is 16.5. The maximum atomic E-state index is 13.4. The Kier molecular flexibility index (Phi) is 5.99. The summed E-state index contributed by atoms with van der Waals surface area (Å²) in [5.41, 5.74) is 0.971. The van der Waals surface area contributed by atoms with Gasteiger partial charge in [-0.1, -0.05) is 13.8 Å². The Morgan fingerprint density at radius 1 is 1.33 bits per heavy atom. The van der Waals surface area contributed by atoms with Gasteiger partial charge < -0.3 is 20.1 Å². The second kappa shape index (κ2) is 9.14. The Hall–Kier alpha value is -4.15. The van der Waals surface area contributed by atoms with Crippen molar-refractivity contribution in [2.45, 2.75) is 46.2 Å². The predicted octanol–water partition coefficient (Wildman–Crippen LogP) is 1.89. The summed E-state index contributed by atoms with van der Waals surface area (Å²) >= 11 is 0. The Morgan fingerprint density at radius 2 is 2.11 bits per heavy atom. The SMILES string of the molecule is Cc1nn2c(O)c(C(=O)NC3CC3)c(=O)n(CC(C)C)c2c1C=CC(=O)N1CCOc2ccncc21. The summed E-state index contributed by atoms with van der Waals surface area (Å²) in [7, 11) is 0. The van der Waals surface area contributed by atoms with Crippen LogP contribution < -0.4 is 20.5 Å². The second-order valence-corrected chi connectivity index (χ2v) is 9.51. The normalized spacial score (nSPS) is 15.4. The third-order valence-electron chi connectivity index (χ3n) is 6.19. The van der Waals surface area contributed by atoms with E-state index < -0.39 is 17.3 Å². The van der Waals surface area contributed by atoms with Crippen molar-refractivity contribution in [3.05, 3.63) is 51.7 Å². The van der Waals surface area contributed by atoms with Crippen molar-refractivity contribution >= 4 is 29.2 Å². The van der Waals surface area contributed by atoms with E-state index >= 15 is 0 Å². The maximum Gasteiger partial charge on any atom is 0.270 e. The first-order chi connectivity index (χ1) is 17.3. The molecule has 4 heterocycles. The summed E-state index contributed by atoms with van der Waals surface area (Å²) in [6.07, 6.45) is 7.87. The van der Waals surface area contributed by atoms with Crippen molar-refractivity contribution in [1.29, 1.82) is 0 Å². The number of amides is 2. The molecule has 1 aliphatic carbocycles. The molecule has 0 bridgehead atoms. The highest BCUT2D eigenvalue weighted by Gasteiger charge is 2.30. The molecule has 5 rings (SSSR count). The number of aryl methyl sites for hydroxylation is 1. The molecule has 36 heavy (non-hydrogen) atoms. The first kappa shape index (κ1) is 23.6. The third kappa shape index (κ3) is 4.21. The highest BCUT2D eigenvalue weighted by Crippen LogP contribution is 2.30. The number of fused-ring (bicyclic) bond motifs is 2. The molecule has 2 aliphatic rings. The number of carbonyl (C=O) groups is 2. The predicted molar refractivity (Wildman–Crippen MR) is 132 cm³/mol. The summed E-state index contributed by atoms with van der Waals surface area (Å²) in [4.78, 5) is 45.0. The van der Waals surface area contributed by atoms with Crippen LogP contribution >= 0.6 is 0 Å². The number of nitrogens with zero attached hydrogens (tertiary/aromatic N) is 5. The molecule has 1 aliphatic heterocycles. The van der Waals surface area contributed by atoms with Gasteiger partial charge in [-0.3, -0.25) is 23.9 Å². The zero-order chi connectivity index (χ0) is 25.6. The van der Waals surface area contributed by atoms with Crippen molar-refractivity contribution < 1.29 is 19.4 Å². The molecule has 11 heteroatoms. The first-order valence-electron chi connectivity index (χ1n) is 12.0. The van der Waals surface area contributed by atoms with Crippen LogP contribution in [-0.2, 0) is 11.3 Å². The number of rotatable bonds is 6. The van der Waals surface area contributed by atoms with Gasteiger partial charge >= 0.3 is 0 Å². The van der Waals surface area contributed by atoms with E-state index in [4.69, 9.17) is 4.74 Å². The van der Waals surface area contributed by atoms with Crippen molar-refractivity contribution in [3.8, 4) is 11.6 Å². The maximum absolute atomic E-state index is 13.4. The minimum absolute atomic E-state index is 0.0231. The van der Waals surface area contributed by atoms with Crippen molar-refractivity contribution in [2.24, 2.45) is 5.92 Å². The van der Waals surface area contributed by atoms with Crippen molar-refractivity contribution in [1.82, 2.24) is 24.5 Å². The lowest BCUT2D eigenvalue weighted by Crippen LogP contribution is -2.37. The number of nitrogens with one attached hydrogen (secondary N) is 1. The van der Waals surface area contributed by atoms with Crippen molar-refractivity contribution in [3.63, 3.8) is 0 Å². The van der Waals surface area contributed by atoms with Gasteiger partial charge in [0.15, 0.2) is 5.56 Å². The highest BCUT2D eigenvalue weighted by molar-refractivity contribution is 6.05. The summed E-state index contributed by atoms with van der Waals surface area (Å²) < 4.78 is 8.25. The number of anilines is 1. The monoisotopic (exact) mass is 492 g/mol. The molecule has 3 aromatic rings. The number of hydrogen-bond donors (Lipinski definition) is 2. The van der Waals surface area contributed by atoms with Gasteiger partial charge in [-0.05, 0) is 31.8 Å². The van der Waals surface area contributed by atoms with Crippen LogP contribution in [0.1, 0.15) is 48.3 Å². The van der Waals surface area contributed by atoms with Crippen LogP contribution in [-0.4, -0.2) is 55.3 Å². The number of ether oxygens (including phenoxy) is 1. The van der Waals surface area contributed by atoms with Crippen LogP contribution in [0.4, 0.5) is 5.69 Å². The van der Waals surface area contributed by atoms with E-state index in [1.165, 1.54) is 15.2 Å². The topological polar surface area (TPSA) is 131 Å². The molecule has 0 saturated heterocycles. The zero-order valence-corrected chi connectivity index (χ0v) is 20.4. The second-order valence-electron chi connectivity index (χ2n) is 9.51. The molecule has 3 aromatic heterocycles. The molecule has 2 amide bonds. The average Bonchev–Trinajstić information content (AvgIpc) is 3.60. The molecule has 0 aromatic carbocycles. The van der Waals surface area contributed by atoms with E-state index in [1.807, 2.05) is 13.8 Å². The van der Waals surface area contributed by atoms with Gasteiger partial charge in [-0.15, -0.1) is 0 Å². The Balaban J connectivity index is 1.58. The van der Waals surface area contributed by atoms with E-state index in [0.717, 1.165) is 12.8 Å². The van der Waals surface area contributed by atoms with Crippen LogP contribution in [0.25, 0.3) is 11.7 Å². The summed E-state index contributed by atoms with van der Waals surface area (Å²) in [5, 5.41) is 18.1. The fourth-order valence-corrected chi connectivity index (χ4v) is 4.32. The minimum Gasteiger partial charge on any atom is -0.492 e. The molecular weight excluding hydrogens is 464 g/mol. The summed E-state index contributed by atoms with van der Waals surface area (Å²) in [6, 6.07) is 1.73. The van der Waals surface area contributed by atoms with Crippen LogP contribution in [0.3, 0.4) is 0 Å². The Labute approximate surface area is 207 Å². The lowest BCUT2D eigenvalue weighted by atomic mass is 10.1. The van der Waals surface area contributed by atoms with E-state index in [0.29, 0.717) is 48.0 Å². The first-order valence-corrected chi connectivity index (χ1v) is 12.0. The van der Waals surface area contributed by atoms with Crippen molar-refractivity contribution in [2.75, 3.05) is 18.1 Å². The van der Waals surface area contributed by atoms with Gasteiger partial charge in [-0.2, -0.15) is 9.61 Å². The standard InChI is InChI=1S/C25H28N6O5/c1-14(2)13-30-23-17(6-7-20(32)29-10-11-36-19-8-9-26-12-18(19)29)15(3)28-31(23)25(35)21(24(30)34)22(33)27-16-4-5-16/h6-9,12,14,16,35H,4-5,10-11,13H2,1-3H3,(H,27,33). The van der Waals surface area contributed by atoms with Crippen LogP contribution in [0, 0.1) is 12.8 Å². The minimum atomic E-state index is -0.612. The lowest BCUT2D eigenvalue weighted by molar-refractivity contribution is -0.114. The quantitative estimate of drug-likeness (QED) is 0.503. The summed E-state index contributed by atoms with van der Waals surface area (Å²) in [5.74, 6) is -0.761. The molecule has 1 saturated carbocycles. The molecule has 0 atom stereocenters. The van der Waals surface area contributed by atoms with E-state index in [1.54, 1.807) is 36.4 Å². The molecule has 11 nitrogen and oxygen atoms in total. The van der Waals surface area contributed by atoms with Gasteiger partial charge in [0.25, 0.3) is 17.4 Å². The number of carbonyl (C=O) groups excluding carboxylic acids is 2. The number of aromatic hydroxyl groups is 1. The molecule has 0 spiro atoms. The number of aromatic nitrogens is 4. The zero-order valence-electron chi connectivity index (χ0n) is 20.4. The van der Waals surface area contributed by atoms with Gasteiger partial charge in [0.1, 0.15) is 23.7 Å². The lowest BCUT2D eigenvalue weighted by Gasteiger charge is -2.28. The van der Waals surface area contributed by atoms with Crippen LogP contribution in [0.5, 0.6) is 11.6 Å². The fraction of sp³-hybridized carbons (Fsp3) is 0.400. The molecule has 0 unspecified atom stereocenters. The molecular formula is C25H28N6O5. The Bertz CT molecular complexity index is 1450. The van der Waals surface area contributed by atoms with Gasteiger partial charge in [0.05, 0.1) is 18.4 Å². The largest absolute Gasteiger partial charge is 0.492 e. The van der Waals surface area contributed by atoms with Gasteiger partial charge in [0.2, 0.25) is 5.88 Å². The van der Waals surface area contributed by atoms with E-state index in [-0.39, 0.29) is 23.4 Å². The summed E-state index contributed by atoms with van der Waals surface area (Å²) in [6.45, 7) is 6.65. The molecule has 2 N–H and O–H groups in total. The molecule has 0 radical (unpaired) electrons.